The van der Waals surface area contributed by atoms with Crippen LogP contribution in [-0.4, -0.2) is 125 Å². The van der Waals surface area contributed by atoms with Gasteiger partial charge >= 0.3 is 11.9 Å². The summed E-state index contributed by atoms with van der Waals surface area (Å²) in [5, 5.41) is 26.4. The van der Waals surface area contributed by atoms with Gasteiger partial charge in [-0.25, -0.2) is 9.59 Å². The first-order valence-corrected chi connectivity index (χ1v) is 20.0. The molecule has 0 unspecified atom stereocenters. The number of aliphatic carboxylic acids is 1. The molecule has 0 saturated heterocycles. The Hall–Kier alpha value is -4.12. The third kappa shape index (κ3) is 30.1. The van der Waals surface area contributed by atoms with Gasteiger partial charge in [0.05, 0.1) is 51.8 Å². The lowest BCUT2D eigenvalue weighted by Crippen LogP contribution is -2.41. The van der Waals surface area contributed by atoms with E-state index in [9.17, 15) is 33.9 Å². The summed E-state index contributed by atoms with van der Waals surface area (Å²) in [7, 11) is 0. The molecule has 0 aliphatic rings. The molecule has 3 amide bonds. The molecular weight excluding hydrogens is 730 g/mol. The standard InChI is InChI=1S/C40H65N3O13/c44-22-26-54-28-27-52-25-21-42-38(47)32-55-30-29-53-24-20-41-36(45)19-18-35(40(50)51)43-37(46)17-12-10-8-6-4-2-1-3-5-7-9-11-13-23-56-34-16-14-15-33(31-34)39(48)49/h14-16,22,31,35H,1-13,17-21,23-30,32H2,(H,41,45)(H,42,47)(H,43,46)(H,48,49)(H,50,51)/t35-/m0/s1. The number of carboxylic acids is 2. The number of nitrogens with one attached hydrogen (secondary N) is 3. The molecule has 0 saturated carbocycles. The molecule has 16 nitrogen and oxygen atoms in total. The Kier molecular flexibility index (Phi) is 31.5. The second kappa shape index (κ2) is 35.3. The van der Waals surface area contributed by atoms with E-state index in [0.717, 1.165) is 38.5 Å². The third-order valence-electron chi connectivity index (χ3n) is 8.49. The Morgan fingerprint density at radius 3 is 1.75 bits per heavy atom. The van der Waals surface area contributed by atoms with Gasteiger partial charge in [-0.3, -0.25) is 14.4 Å². The third-order valence-corrected chi connectivity index (χ3v) is 8.49. The van der Waals surface area contributed by atoms with Crippen LogP contribution in [0.3, 0.4) is 0 Å². The second-order valence-electron chi connectivity index (χ2n) is 13.2. The molecule has 1 atom stereocenters. The summed E-state index contributed by atoms with van der Waals surface area (Å²) in [5.41, 5.74) is 0.230. The van der Waals surface area contributed by atoms with Crippen molar-refractivity contribution in [3.8, 4) is 5.75 Å². The maximum Gasteiger partial charge on any atom is 0.335 e. The van der Waals surface area contributed by atoms with Gasteiger partial charge in [-0.15, -0.1) is 0 Å². The molecule has 0 aliphatic heterocycles. The number of unbranched alkanes of at least 4 members (excludes halogenated alkanes) is 12. The van der Waals surface area contributed by atoms with E-state index in [2.05, 4.69) is 16.0 Å². The Bertz CT molecular complexity index is 1230. The van der Waals surface area contributed by atoms with Crippen molar-refractivity contribution in [2.75, 3.05) is 72.6 Å². The van der Waals surface area contributed by atoms with Crippen LogP contribution < -0.4 is 20.7 Å². The molecule has 56 heavy (non-hydrogen) atoms. The van der Waals surface area contributed by atoms with Crippen molar-refractivity contribution in [1.82, 2.24) is 16.0 Å². The van der Waals surface area contributed by atoms with Crippen LogP contribution in [-0.2, 0) is 42.9 Å². The fourth-order valence-corrected chi connectivity index (χ4v) is 5.44. The Labute approximate surface area is 331 Å². The molecule has 1 aromatic rings. The molecule has 0 aromatic heterocycles. The molecule has 1 rings (SSSR count). The summed E-state index contributed by atoms with van der Waals surface area (Å²) in [6.45, 7) is 2.57. The topological polar surface area (TPSA) is 225 Å². The summed E-state index contributed by atoms with van der Waals surface area (Å²) in [6.07, 6.45) is 15.0. The highest BCUT2D eigenvalue weighted by atomic mass is 16.5. The molecule has 0 fully saturated rings. The van der Waals surface area contributed by atoms with Crippen LogP contribution >= 0.6 is 0 Å². The summed E-state index contributed by atoms with van der Waals surface area (Å²) in [5.74, 6) is -2.51. The number of hydrogen-bond donors (Lipinski definition) is 5. The van der Waals surface area contributed by atoms with Gasteiger partial charge in [0.15, 0.2) is 0 Å². The number of amides is 3. The molecule has 0 spiro atoms. The monoisotopic (exact) mass is 795 g/mol. The zero-order chi connectivity index (χ0) is 40.9. The quantitative estimate of drug-likeness (QED) is 0.0469. The van der Waals surface area contributed by atoms with Crippen LogP contribution in [0, 0.1) is 0 Å². The second-order valence-corrected chi connectivity index (χ2v) is 13.2. The maximum atomic E-state index is 12.3. The van der Waals surface area contributed by atoms with Gasteiger partial charge in [0.2, 0.25) is 17.7 Å². The van der Waals surface area contributed by atoms with Crippen LogP contribution in [0.2, 0.25) is 0 Å². The average molecular weight is 796 g/mol. The minimum absolute atomic E-state index is 0.0203. The average Bonchev–Trinajstić information content (AvgIpc) is 3.18. The van der Waals surface area contributed by atoms with Crippen molar-refractivity contribution in [1.29, 1.82) is 0 Å². The Balaban J connectivity index is 1.92. The molecule has 318 valence electrons. The van der Waals surface area contributed by atoms with E-state index < -0.39 is 18.0 Å². The normalized spacial score (nSPS) is 11.4. The van der Waals surface area contributed by atoms with Gasteiger partial charge in [-0.2, -0.15) is 0 Å². The molecule has 0 radical (unpaired) electrons. The minimum Gasteiger partial charge on any atom is -0.494 e. The Morgan fingerprint density at radius 1 is 0.607 bits per heavy atom. The van der Waals surface area contributed by atoms with E-state index in [1.165, 1.54) is 38.5 Å². The fraction of sp³-hybridized carbons (Fsp3) is 0.700. The predicted molar refractivity (Wildman–Crippen MR) is 208 cm³/mol. The van der Waals surface area contributed by atoms with Crippen LogP contribution in [0.5, 0.6) is 5.75 Å². The molecule has 0 bridgehead atoms. The number of carboxylic acid groups (broad SMARTS) is 2. The molecule has 0 aliphatic carbocycles. The van der Waals surface area contributed by atoms with E-state index in [-0.39, 0.29) is 82.1 Å². The number of hydrogen-bond acceptors (Lipinski definition) is 11. The van der Waals surface area contributed by atoms with Crippen molar-refractivity contribution in [2.24, 2.45) is 0 Å². The minimum atomic E-state index is -1.18. The van der Waals surface area contributed by atoms with Gasteiger partial charge in [0.25, 0.3) is 0 Å². The van der Waals surface area contributed by atoms with E-state index in [4.69, 9.17) is 28.8 Å². The lowest BCUT2D eigenvalue weighted by molar-refractivity contribution is -0.142. The summed E-state index contributed by atoms with van der Waals surface area (Å²) < 4.78 is 26.4. The van der Waals surface area contributed by atoms with Crippen LogP contribution in [0.1, 0.15) is 113 Å². The lowest BCUT2D eigenvalue weighted by atomic mass is 10.0. The Morgan fingerprint density at radius 2 is 1.16 bits per heavy atom. The number of carbonyl (C=O) groups excluding carboxylic acids is 4. The zero-order valence-corrected chi connectivity index (χ0v) is 32.9. The van der Waals surface area contributed by atoms with E-state index in [1.807, 2.05) is 0 Å². The number of carbonyl (C=O) groups is 6. The van der Waals surface area contributed by atoms with Crippen molar-refractivity contribution < 1.29 is 62.7 Å². The molecule has 5 N–H and O–H groups in total. The smallest absolute Gasteiger partial charge is 0.335 e. The maximum absolute atomic E-state index is 12.3. The summed E-state index contributed by atoms with van der Waals surface area (Å²) in [6, 6.07) is 5.42. The highest BCUT2D eigenvalue weighted by Gasteiger charge is 2.20. The molecule has 0 heterocycles. The first-order valence-electron chi connectivity index (χ1n) is 20.0. The number of rotatable bonds is 39. The largest absolute Gasteiger partial charge is 0.494 e. The van der Waals surface area contributed by atoms with E-state index in [0.29, 0.717) is 51.4 Å². The van der Waals surface area contributed by atoms with Gasteiger partial charge < -0.3 is 54.6 Å². The van der Waals surface area contributed by atoms with Gasteiger partial charge in [0.1, 0.15) is 31.3 Å². The van der Waals surface area contributed by atoms with Gasteiger partial charge in [0, 0.05) is 25.9 Å². The van der Waals surface area contributed by atoms with Crippen molar-refractivity contribution in [2.45, 2.75) is 109 Å². The predicted octanol–water partition coefficient (Wildman–Crippen LogP) is 4.07. The first-order chi connectivity index (χ1) is 27.2. The molecule has 16 heteroatoms. The summed E-state index contributed by atoms with van der Waals surface area (Å²) >= 11 is 0. The SMILES string of the molecule is O=CCOCCOCCNC(=O)COCCOCCNC(=O)CC[C@H](NC(=O)CCCCCCCCCCCCCCCOc1cccc(C(=O)O)c1)C(=O)O. The van der Waals surface area contributed by atoms with Crippen LogP contribution in [0.4, 0.5) is 0 Å². The molecule has 1 aromatic carbocycles. The van der Waals surface area contributed by atoms with Gasteiger partial charge in [-0.1, -0.05) is 76.7 Å². The molecular formula is C40H65N3O13. The zero-order valence-electron chi connectivity index (χ0n) is 32.9. The fourth-order valence-electron chi connectivity index (χ4n) is 5.44. The number of aromatic carboxylic acids is 1. The first kappa shape index (κ1) is 49.9. The highest BCUT2D eigenvalue weighted by Crippen LogP contribution is 2.16. The van der Waals surface area contributed by atoms with Crippen molar-refractivity contribution in [3.63, 3.8) is 0 Å². The highest BCUT2D eigenvalue weighted by molar-refractivity contribution is 5.88. The summed E-state index contributed by atoms with van der Waals surface area (Å²) in [4.78, 5) is 69.0. The number of aldehydes is 1. The van der Waals surface area contributed by atoms with Crippen molar-refractivity contribution >= 4 is 35.9 Å². The van der Waals surface area contributed by atoms with Crippen molar-refractivity contribution in [3.05, 3.63) is 29.8 Å². The van der Waals surface area contributed by atoms with Crippen LogP contribution in [0.15, 0.2) is 24.3 Å². The van der Waals surface area contributed by atoms with Gasteiger partial charge in [-0.05, 0) is 37.5 Å². The van der Waals surface area contributed by atoms with E-state index in [1.54, 1.807) is 24.3 Å². The lowest BCUT2D eigenvalue weighted by Gasteiger charge is -2.14. The van der Waals surface area contributed by atoms with Crippen LogP contribution in [0.25, 0.3) is 0 Å². The van der Waals surface area contributed by atoms with E-state index >= 15 is 0 Å². The number of ether oxygens (including phenoxy) is 5. The number of benzene rings is 1.